The number of rotatable bonds is 9. The molecule has 7 nitrogen and oxygen atoms in total. The normalized spacial score (nSPS) is 16.3. The molecule has 1 saturated heterocycles. The number of benzene rings is 1. The van der Waals surface area contributed by atoms with E-state index in [-0.39, 0.29) is 24.0 Å². The number of nitrogens with zero attached hydrogens (tertiary/aromatic N) is 4. The highest BCUT2D eigenvalue weighted by Gasteiger charge is 2.23. The Kier molecular flexibility index (Phi) is 10.8. The van der Waals surface area contributed by atoms with Crippen molar-refractivity contribution in [3.8, 4) is 5.75 Å². The van der Waals surface area contributed by atoms with Crippen LogP contribution in [0, 0.1) is 19.8 Å². The van der Waals surface area contributed by atoms with Gasteiger partial charge in [0.15, 0.2) is 5.96 Å². The summed E-state index contributed by atoms with van der Waals surface area (Å²) in [5, 5.41) is 11.6. The van der Waals surface area contributed by atoms with Crippen LogP contribution < -0.4 is 15.4 Å². The Morgan fingerprint density at radius 2 is 1.78 bits per heavy atom. The van der Waals surface area contributed by atoms with Crippen molar-refractivity contribution in [1.82, 2.24) is 25.3 Å². The molecule has 1 aromatic carbocycles. The summed E-state index contributed by atoms with van der Waals surface area (Å²) in [5.74, 6) is 2.18. The molecule has 0 aliphatic carbocycles. The first kappa shape index (κ1) is 26.4. The van der Waals surface area contributed by atoms with Gasteiger partial charge in [0.25, 0.3) is 0 Å². The van der Waals surface area contributed by atoms with Crippen LogP contribution in [0.4, 0.5) is 0 Å². The van der Waals surface area contributed by atoms with Crippen molar-refractivity contribution in [3.05, 3.63) is 47.3 Å². The van der Waals surface area contributed by atoms with Crippen LogP contribution in [0.1, 0.15) is 42.8 Å². The first-order valence-electron chi connectivity index (χ1n) is 11.3. The molecule has 0 amide bonds. The van der Waals surface area contributed by atoms with E-state index < -0.39 is 0 Å². The molecule has 2 aromatic rings. The van der Waals surface area contributed by atoms with Gasteiger partial charge in [0.1, 0.15) is 5.75 Å². The summed E-state index contributed by atoms with van der Waals surface area (Å²) in [6, 6.07) is 10.9. The van der Waals surface area contributed by atoms with E-state index in [9.17, 15) is 0 Å². The molecule has 2 atom stereocenters. The Labute approximate surface area is 210 Å². The van der Waals surface area contributed by atoms with Gasteiger partial charge < -0.3 is 15.4 Å². The van der Waals surface area contributed by atoms with Crippen molar-refractivity contribution >= 4 is 29.9 Å². The average molecular weight is 555 g/mol. The second-order valence-electron chi connectivity index (χ2n) is 8.58. The number of methoxy groups -OCH3 is 1. The minimum absolute atomic E-state index is 0. The number of hydrogen-bond donors (Lipinski definition) is 2. The van der Waals surface area contributed by atoms with E-state index in [1.54, 1.807) is 7.11 Å². The van der Waals surface area contributed by atoms with Gasteiger partial charge in [-0.2, -0.15) is 5.10 Å². The van der Waals surface area contributed by atoms with Gasteiger partial charge in [0, 0.05) is 32.4 Å². The zero-order chi connectivity index (χ0) is 22.2. The summed E-state index contributed by atoms with van der Waals surface area (Å²) in [7, 11) is 3.54. The lowest BCUT2D eigenvalue weighted by atomic mass is 10.1. The van der Waals surface area contributed by atoms with Gasteiger partial charge in [0.2, 0.25) is 0 Å². The molecule has 32 heavy (non-hydrogen) atoms. The molecule has 1 aliphatic rings. The number of likely N-dealkylation sites (tertiary alicyclic amines) is 1. The fraction of sp³-hybridized carbons (Fsp3) is 0.583. The number of nitrogens with one attached hydrogen (secondary N) is 2. The average Bonchev–Trinajstić information content (AvgIpc) is 3.40. The third kappa shape index (κ3) is 7.37. The molecule has 0 bridgehead atoms. The van der Waals surface area contributed by atoms with Gasteiger partial charge in [-0.25, -0.2) is 0 Å². The third-order valence-corrected chi connectivity index (χ3v) is 5.97. The van der Waals surface area contributed by atoms with E-state index in [4.69, 9.17) is 4.74 Å². The van der Waals surface area contributed by atoms with Crippen LogP contribution in [0.5, 0.6) is 5.75 Å². The highest BCUT2D eigenvalue weighted by molar-refractivity contribution is 14.0. The molecule has 0 spiro atoms. The first-order chi connectivity index (χ1) is 15.0. The second kappa shape index (κ2) is 13.0. The topological polar surface area (TPSA) is 66.7 Å². The first-order valence-corrected chi connectivity index (χ1v) is 11.3. The van der Waals surface area contributed by atoms with Crippen molar-refractivity contribution < 1.29 is 4.74 Å². The van der Waals surface area contributed by atoms with Crippen molar-refractivity contribution in [1.29, 1.82) is 0 Å². The quantitative estimate of drug-likeness (QED) is 0.281. The summed E-state index contributed by atoms with van der Waals surface area (Å²) in [6.07, 6.45) is 2.53. The zero-order valence-electron chi connectivity index (χ0n) is 20.1. The monoisotopic (exact) mass is 554 g/mol. The second-order valence-corrected chi connectivity index (χ2v) is 8.58. The van der Waals surface area contributed by atoms with E-state index in [0.29, 0.717) is 12.0 Å². The highest BCUT2D eigenvalue weighted by Crippen LogP contribution is 2.26. The van der Waals surface area contributed by atoms with Crippen LogP contribution in [0.3, 0.4) is 0 Å². The molecular weight excluding hydrogens is 515 g/mol. The molecule has 8 heteroatoms. The summed E-state index contributed by atoms with van der Waals surface area (Å²) >= 11 is 0. The Morgan fingerprint density at radius 3 is 2.34 bits per heavy atom. The van der Waals surface area contributed by atoms with Crippen LogP contribution in [-0.4, -0.2) is 61.0 Å². The Hall–Kier alpha value is -1.81. The number of aryl methyl sites for hydroxylation is 2. The number of guanidine groups is 1. The van der Waals surface area contributed by atoms with E-state index >= 15 is 0 Å². The molecule has 1 aromatic heterocycles. The van der Waals surface area contributed by atoms with Crippen LogP contribution in [0.25, 0.3) is 0 Å². The molecule has 1 fully saturated rings. The maximum absolute atomic E-state index is 5.33. The van der Waals surface area contributed by atoms with Crippen molar-refractivity contribution in [2.75, 3.05) is 40.3 Å². The molecule has 178 valence electrons. The Balaban J connectivity index is 0.00000363. The van der Waals surface area contributed by atoms with Gasteiger partial charge in [-0.3, -0.25) is 14.6 Å². The Bertz CT molecular complexity index is 845. The molecule has 3 rings (SSSR count). The highest BCUT2D eigenvalue weighted by atomic mass is 127. The lowest BCUT2D eigenvalue weighted by Crippen LogP contribution is -2.44. The number of ether oxygens (including phenoxy) is 1. The maximum Gasteiger partial charge on any atom is 0.191 e. The van der Waals surface area contributed by atoms with Crippen LogP contribution in [0.2, 0.25) is 0 Å². The maximum atomic E-state index is 5.33. The fourth-order valence-electron chi connectivity index (χ4n) is 4.24. The molecular formula is C24H39IN6O. The SMILES string of the molecule is CN=C(NCC(C)Cn1nc(C)cc1C)NCC(c1ccc(OC)cc1)N1CCCC1.I. The van der Waals surface area contributed by atoms with Gasteiger partial charge in [-0.05, 0) is 69.5 Å². The number of aromatic nitrogens is 2. The summed E-state index contributed by atoms with van der Waals surface area (Å²) in [6.45, 7) is 11.2. The summed E-state index contributed by atoms with van der Waals surface area (Å²) in [4.78, 5) is 7.00. The molecule has 2 unspecified atom stereocenters. The molecule has 2 heterocycles. The van der Waals surface area contributed by atoms with Crippen molar-refractivity contribution in [3.63, 3.8) is 0 Å². The van der Waals surface area contributed by atoms with Crippen molar-refractivity contribution in [2.24, 2.45) is 10.9 Å². The molecule has 2 N–H and O–H groups in total. The van der Waals surface area contributed by atoms with Crippen LogP contribution in [-0.2, 0) is 6.54 Å². The van der Waals surface area contributed by atoms with Gasteiger partial charge in [0.05, 0.1) is 18.8 Å². The van der Waals surface area contributed by atoms with E-state index in [1.807, 2.05) is 26.1 Å². The predicted molar refractivity (Wildman–Crippen MR) is 142 cm³/mol. The van der Waals surface area contributed by atoms with E-state index in [2.05, 4.69) is 62.4 Å². The fourth-order valence-corrected chi connectivity index (χ4v) is 4.24. The van der Waals surface area contributed by atoms with Crippen LogP contribution in [0.15, 0.2) is 35.3 Å². The molecule has 0 saturated carbocycles. The third-order valence-electron chi connectivity index (χ3n) is 5.97. The Morgan fingerprint density at radius 1 is 1.12 bits per heavy atom. The molecule has 1 aliphatic heterocycles. The lowest BCUT2D eigenvalue weighted by molar-refractivity contribution is 0.245. The van der Waals surface area contributed by atoms with Gasteiger partial charge >= 0.3 is 0 Å². The standard InChI is InChI=1S/C24H38N6O.HI/c1-18(17-30-20(3)14-19(2)28-30)15-26-24(25-4)27-16-23(29-12-6-7-13-29)21-8-10-22(31-5)11-9-21;/h8-11,14,18,23H,6-7,12-13,15-17H2,1-5H3,(H2,25,26,27);1H. The van der Waals surface area contributed by atoms with Crippen LogP contribution >= 0.6 is 24.0 Å². The van der Waals surface area contributed by atoms with E-state index in [1.165, 1.54) is 24.1 Å². The summed E-state index contributed by atoms with van der Waals surface area (Å²) < 4.78 is 7.42. The number of aliphatic imine (C=N–C) groups is 1. The van der Waals surface area contributed by atoms with Crippen molar-refractivity contribution in [2.45, 2.75) is 46.2 Å². The van der Waals surface area contributed by atoms with Gasteiger partial charge in [-0.15, -0.1) is 24.0 Å². The van der Waals surface area contributed by atoms with E-state index in [0.717, 1.165) is 50.1 Å². The lowest BCUT2D eigenvalue weighted by Gasteiger charge is -2.29. The molecule has 0 radical (unpaired) electrons. The minimum Gasteiger partial charge on any atom is -0.497 e. The predicted octanol–water partition coefficient (Wildman–Crippen LogP) is 3.76. The van der Waals surface area contributed by atoms with Gasteiger partial charge in [-0.1, -0.05) is 19.1 Å². The summed E-state index contributed by atoms with van der Waals surface area (Å²) in [5.41, 5.74) is 3.59. The largest absolute Gasteiger partial charge is 0.497 e. The number of hydrogen-bond acceptors (Lipinski definition) is 4. The number of halogens is 1. The smallest absolute Gasteiger partial charge is 0.191 e. The zero-order valence-corrected chi connectivity index (χ0v) is 22.4. The minimum atomic E-state index is 0.